The summed E-state index contributed by atoms with van der Waals surface area (Å²) in [4.78, 5) is 14.0. The number of carbonyl (C=O) groups is 1. The molecule has 3 nitrogen and oxygen atoms in total. The van der Waals surface area contributed by atoms with Crippen LogP contribution in [0.3, 0.4) is 0 Å². The van der Waals surface area contributed by atoms with E-state index in [1.807, 2.05) is 42.2 Å². The van der Waals surface area contributed by atoms with Gasteiger partial charge >= 0.3 is 0 Å². The van der Waals surface area contributed by atoms with E-state index in [1.54, 1.807) is 0 Å². The maximum atomic E-state index is 12.1. The van der Waals surface area contributed by atoms with Crippen LogP contribution in [0.4, 0.5) is 0 Å². The molecule has 1 amide bonds. The molecule has 3 heteroatoms. The number of hydrogen-bond donors (Lipinski definition) is 1. The minimum atomic E-state index is -0.870. The van der Waals surface area contributed by atoms with Crippen molar-refractivity contribution in [1.29, 1.82) is 0 Å². The van der Waals surface area contributed by atoms with Crippen LogP contribution in [-0.2, 0) is 10.4 Å². The Kier molecular flexibility index (Phi) is 2.67. The van der Waals surface area contributed by atoms with Gasteiger partial charge in [0, 0.05) is 12.5 Å². The topological polar surface area (TPSA) is 40.5 Å². The molecule has 1 aromatic rings. The van der Waals surface area contributed by atoms with Crippen molar-refractivity contribution >= 4 is 5.91 Å². The molecule has 0 bridgehead atoms. The summed E-state index contributed by atoms with van der Waals surface area (Å²) in [6.07, 6.45) is 2.44. The van der Waals surface area contributed by atoms with Crippen LogP contribution in [0.15, 0.2) is 30.3 Å². The first kappa shape index (κ1) is 11.7. The Hall–Kier alpha value is -1.35. The van der Waals surface area contributed by atoms with Gasteiger partial charge in [0.25, 0.3) is 0 Å². The molecular weight excluding hydrogens is 226 g/mol. The van der Waals surface area contributed by atoms with Gasteiger partial charge in [0.05, 0.1) is 6.04 Å². The average Bonchev–Trinajstić information content (AvgIpc) is 2.87. The maximum Gasteiger partial charge on any atom is 0.225 e. The molecule has 2 aliphatic rings. The van der Waals surface area contributed by atoms with Crippen LogP contribution < -0.4 is 0 Å². The van der Waals surface area contributed by atoms with Crippen molar-refractivity contribution in [3.05, 3.63) is 35.9 Å². The Morgan fingerprint density at radius 1 is 1.33 bits per heavy atom. The van der Waals surface area contributed by atoms with E-state index in [0.717, 1.165) is 24.9 Å². The highest BCUT2D eigenvalue weighted by Gasteiger charge is 2.51. The molecule has 3 atom stereocenters. The number of fused-ring (bicyclic) bond motifs is 1. The summed E-state index contributed by atoms with van der Waals surface area (Å²) in [5, 5.41) is 11.1. The number of piperidine rings is 1. The number of hydrogen-bond acceptors (Lipinski definition) is 2. The summed E-state index contributed by atoms with van der Waals surface area (Å²) >= 11 is 0. The Balaban J connectivity index is 2.03. The SMILES string of the molecule is C[C@@H]1C[C@](O)(c2ccccc2)[C@@H]2CCCN2C1=O. The molecule has 2 heterocycles. The summed E-state index contributed by atoms with van der Waals surface area (Å²) in [6, 6.07) is 9.76. The first-order chi connectivity index (χ1) is 8.63. The summed E-state index contributed by atoms with van der Waals surface area (Å²) in [5.41, 5.74) is 0.0756. The zero-order valence-electron chi connectivity index (χ0n) is 10.7. The number of benzene rings is 1. The minimum absolute atomic E-state index is 0.0383. The normalized spacial score (nSPS) is 35.7. The molecule has 2 fully saturated rings. The largest absolute Gasteiger partial charge is 0.383 e. The molecule has 1 N–H and O–H groups in total. The van der Waals surface area contributed by atoms with Crippen molar-refractivity contribution in [2.45, 2.75) is 37.8 Å². The highest BCUT2D eigenvalue weighted by atomic mass is 16.3. The number of amides is 1. The van der Waals surface area contributed by atoms with Gasteiger partial charge in [-0.15, -0.1) is 0 Å². The van der Waals surface area contributed by atoms with E-state index in [2.05, 4.69) is 0 Å². The Morgan fingerprint density at radius 2 is 2.06 bits per heavy atom. The lowest BCUT2D eigenvalue weighted by molar-refractivity contribution is -0.157. The Labute approximate surface area is 107 Å². The van der Waals surface area contributed by atoms with E-state index < -0.39 is 5.60 Å². The van der Waals surface area contributed by atoms with Crippen LogP contribution in [0.2, 0.25) is 0 Å². The number of rotatable bonds is 1. The predicted molar refractivity (Wildman–Crippen MR) is 68.9 cm³/mol. The maximum absolute atomic E-state index is 12.1. The van der Waals surface area contributed by atoms with Gasteiger partial charge < -0.3 is 10.0 Å². The standard InChI is InChI=1S/C15H19NO2/c1-11-10-15(18,12-6-3-2-4-7-12)13-8-5-9-16(13)14(11)17/h2-4,6-7,11,13,18H,5,8-10H2,1H3/t11-,13+,15+/m1/s1. The summed E-state index contributed by atoms with van der Waals surface area (Å²) in [7, 11) is 0. The first-order valence-corrected chi connectivity index (χ1v) is 6.71. The summed E-state index contributed by atoms with van der Waals surface area (Å²) < 4.78 is 0. The van der Waals surface area contributed by atoms with Crippen molar-refractivity contribution in [3.63, 3.8) is 0 Å². The second-order valence-corrected chi connectivity index (χ2v) is 5.59. The highest BCUT2D eigenvalue weighted by molar-refractivity contribution is 5.80. The molecule has 0 aliphatic carbocycles. The fourth-order valence-electron chi connectivity index (χ4n) is 3.54. The van der Waals surface area contributed by atoms with Crippen LogP contribution in [0.5, 0.6) is 0 Å². The molecule has 3 rings (SSSR count). The van der Waals surface area contributed by atoms with Crippen molar-refractivity contribution in [2.24, 2.45) is 5.92 Å². The lowest BCUT2D eigenvalue weighted by atomic mass is 9.75. The molecule has 0 radical (unpaired) electrons. The van der Waals surface area contributed by atoms with Crippen LogP contribution in [-0.4, -0.2) is 28.5 Å². The summed E-state index contributed by atoms with van der Waals surface area (Å²) in [6.45, 7) is 2.72. The monoisotopic (exact) mass is 245 g/mol. The van der Waals surface area contributed by atoms with E-state index in [-0.39, 0.29) is 17.9 Å². The van der Waals surface area contributed by atoms with Crippen LogP contribution in [0, 0.1) is 5.92 Å². The van der Waals surface area contributed by atoms with Crippen LogP contribution in [0.1, 0.15) is 31.7 Å². The first-order valence-electron chi connectivity index (χ1n) is 6.71. The molecular formula is C15H19NO2. The van der Waals surface area contributed by atoms with E-state index in [0.29, 0.717) is 6.42 Å². The highest BCUT2D eigenvalue weighted by Crippen LogP contribution is 2.43. The van der Waals surface area contributed by atoms with Gasteiger partial charge in [-0.2, -0.15) is 0 Å². The average molecular weight is 245 g/mol. The van der Waals surface area contributed by atoms with Gasteiger partial charge in [-0.3, -0.25) is 4.79 Å². The predicted octanol–water partition coefficient (Wildman–Crippen LogP) is 1.90. The molecule has 0 aromatic heterocycles. The molecule has 0 unspecified atom stereocenters. The van der Waals surface area contributed by atoms with E-state index in [9.17, 15) is 9.90 Å². The second kappa shape index (κ2) is 4.09. The smallest absolute Gasteiger partial charge is 0.225 e. The van der Waals surface area contributed by atoms with E-state index >= 15 is 0 Å². The van der Waals surface area contributed by atoms with Gasteiger partial charge in [0.15, 0.2) is 0 Å². The molecule has 18 heavy (non-hydrogen) atoms. The molecule has 96 valence electrons. The zero-order chi connectivity index (χ0) is 12.8. The van der Waals surface area contributed by atoms with Gasteiger partial charge in [-0.25, -0.2) is 0 Å². The van der Waals surface area contributed by atoms with E-state index in [4.69, 9.17) is 0 Å². The lowest BCUT2D eigenvalue weighted by Gasteiger charge is -2.46. The van der Waals surface area contributed by atoms with Gasteiger partial charge in [0.1, 0.15) is 5.60 Å². The van der Waals surface area contributed by atoms with Crippen LogP contribution in [0.25, 0.3) is 0 Å². The molecule has 0 spiro atoms. The Bertz CT molecular complexity index is 459. The molecule has 1 aromatic carbocycles. The third-order valence-electron chi connectivity index (χ3n) is 4.40. The third kappa shape index (κ3) is 1.57. The zero-order valence-corrected chi connectivity index (χ0v) is 10.7. The Morgan fingerprint density at radius 3 is 2.78 bits per heavy atom. The van der Waals surface area contributed by atoms with Crippen molar-refractivity contribution in [2.75, 3.05) is 6.54 Å². The quantitative estimate of drug-likeness (QED) is 0.821. The van der Waals surface area contributed by atoms with Crippen molar-refractivity contribution in [1.82, 2.24) is 4.90 Å². The fourth-order valence-corrected chi connectivity index (χ4v) is 3.54. The summed E-state index contributed by atoms with van der Waals surface area (Å²) in [5.74, 6) is 0.114. The van der Waals surface area contributed by atoms with Crippen molar-refractivity contribution in [3.8, 4) is 0 Å². The fraction of sp³-hybridized carbons (Fsp3) is 0.533. The number of aliphatic hydroxyl groups is 1. The molecule has 0 saturated carbocycles. The second-order valence-electron chi connectivity index (χ2n) is 5.59. The van der Waals surface area contributed by atoms with Gasteiger partial charge in [0.2, 0.25) is 5.91 Å². The molecule has 2 aliphatic heterocycles. The lowest BCUT2D eigenvalue weighted by Crippen LogP contribution is -2.57. The van der Waals surface area contributed by atoms with Crippen LogP contribution >= 0.6 is 0 Å². The third-order valence-corrected chi connectivity index (χ3v) is 4.40. The van der Waals surface area contributed by atoms with Crippen molar-refractivity contribution < 1.29 is 9.90 Å². The molecule has 2 saturated heterocycles. The van der Waals surface area contributed by atoms with E-state index in [1.165, 1.54) is 0 Å². The van der Waals surface area contributed by atoms with Gasteiger partial charge in [-0.1, -0.05) is 37.3 Å². The number of nitrogens with zero attached hydrogens (tertiary/aromatic N) is 1. The number of carbonyl (C=O) groups excluding carboxylic acids is 1. The minimum Gasteiger partial charge on any atom is -0.383 e. The van der Waals surface area contributed by atoms with Gasteiger partial charge in [-0.05, 0) is 24.8 Å².